The van der Waals surface area contributed by atoms with Crippen LogP contribution >= 0.6 is 12.2 Å². The number of nitrogens with two attached hydrogens (primary N) is 1. The summed E-state index contributed by atoms with van der Waals surface area (Å²) in [5.41, 5.74) is 8.73. The average molecular weight is 279 g/mol. The number of nitrogens with one attached hydrogen (secondary N) is 1. The lowest BCUT2D eigenvalue weighted by Gasteiger charge is -2.05. The van der Waals surface area contributed by atoms with Gasteiger partial charge in [-0.3, -0.25) is 5.43 Å². The van der Waals surface area contributed by atoms with E-state index >= 15 is 0 Å². The van der Waals surface area contributed by atoms with Crippen LogP contribution in [0.25, 0.3) is 0 Å². The van der Waals surface area contributed by atoms with Crippen LogP contribution in [0.15, 0.2) is 29.4 Å². The van der Waals surface area contributed by atoms with Crippen LogP contribution in [0.3, 0.4) is 0 Å². The van der Waals surface area contributed by atoms with Crippen LogP contribution in [0.5, 0.6) is 5.75 Å². The zero-order valence-electron chi connectivity index (χ0n) is 11.3. The van der Waals surface area contributed by atoms with E-state index in [0.717, 1.165) is 24.3 Å². The van der Waals surface area contributed by atoms with Crippen molar-refractivity contribution in [2.24, 2.45) is 10.8 Å². The van der Waals surface area contributed by atoms with Crippen LogP contribution in [0, 0.1) is 0 Å². The highest BCUT2D eigenvalue weighted by atomic mass is 32.1. The van der Waals surface area contributed by atoms with Crippen molar-refractivity contribution in [3.05, 3.63) is 29.8 Å². The fourth-order valence-electron chi connectivity index (χ4n) is 1.54. The molecule has 0 saturated carbocycles. The van der Waals surface area contributed by atoms with Crippen molar-refractivity contribution in [1.29, 1.82) is 0 Å². The molecule has 0 amide bonds. The molecule has 1 aromatic rings. The van der Waals surface area contributed by atoms with Gasteiger partial charge in [-0.1, -0.05) is 26.2 Å². The lowest BCUT2D eigenvalue weighted by Crippen LogP contribution is -2.23. The Morgan fingerprint density at radius 1 is 1.32 bits per heavy atom. The lowest BCUT2D eigenvalue weighted by molar-refractivity contribution is 0.305. The molecule has 1 aromatic carbocycles. The standard InChI is InChI=1S/C14H21N3OS/c1-2-3-4-5-10-18-13-8-6-12(7-9-13)11-16-17-14(15)19/h6-9,11H,2-5,10H2,1H3,(H3,15,17,19)/b16-11+. The third-order valence-corrected chi connectivity index (χ3v) is 2.63. The number of ether oxygens (including phenoxy) is 1. The minimum atomic E-state index is 0.156. The second-order valence-electron chi connectivity index (χ2n) is 4.21. The molecule has 0 aliphatic rings. The van der Waals surface area contributed by atoms with Gasteiger partial charge in [0.25, 0.3) is 0 Å². The number of benzene rings is 1. The number of unbranched alkanes of at least 4 members (excludes halogenated alkanes) is 3. The minimum Gasteiger partial charge on any atom is -0.494 e. The van der Waals surface area contributed by atoms with Gasteiger partial charge in [-0.25, -0.2) is 0 Å². The highest BCUT2D eigenvalue weighted by Crippen LogP contribution is 2.12. The molecule has 0 heterocycles. The highest BCUT2D eigenvalue weighted by Gasteiger charge is 1.94. The number of nitrogens with zero attached hydrogens (tertiary/aromatic N) is 1. The topological polar surface area (TPSA) is 59.6 Å². The zero-order valence-corrected chi connectivity index (χ0v) is 12.1. The van der Waals surface area contributed by atoms with Crippen LogP contribution in [0.2, 0.25) is 0 Å². The summed E-state index contributed by atoms with van der Waals surface area (Å²) in [5, 5.41) is 4.04. The van der Waals surface area contributed by atoms with Crippen LogP contribution in [-0.4, -0.2) is 17.9 Å². The fourth-order valence-corrected chi connectivity index (χ4v) is 1.59. The van der Waals surface area contributed by atoms with Gasteiger partial charge in [0.15, 0.2) is 5.11 Å². The highest BCUT2D eigenvalue weighted by molar-refractivity contribution is 7.80. The molecule has 0 aromatic heterocycles. The first kappa shape index (κ1) is 15.4. The Labute approximate surface area is 120 Å². The van der Waals surface area contributed by atoms with E-state index in [1.54, 1.807) is 6.21 Å². The summed E-state index contributed by atoms with van der Waals surface area (Å²) in [7, 11) is 0. The molecule has 104 valence electrons. The quantitative estimate of drug-likeness (QED) is 0.332. The van der Waals surface area contributed by atoms with Crippen LogP contribution in [0.1, 0.15) is 38.2 Å². The smallest absolute Gasteiger partial charge is 0.184 e. The van der Waals surface area contributed by atoms with Crippen molar-refractivity contribution in [3.8, 4) is 5.75 Å². The predicted octanol–water partition coefficient (Wildman–Crippen LogP) is 2.81. The van der Waals surface area contributed by atoms with Gasteiger partial charge in [-0.05, 0) is 48.5 Å². The van der Waals surface area contributed by atoms with Gasteiger partial charge in [-0.15, -0.1) is 0 Å². The average Bonchev–Trinajstić information content (AvgIpc) is 2.40. The van der Waals surface area contributed by atoms with Crippen molar-refractivity contribution in [3.63, 3.8) is 0 Å². The first-order chi connectivity index (χ1) is 9.22. The van der Waals surface area contributed by atoms with Crippen LogP contribution in [-0.2, 0) is 0 Å². The van der Waals surface area contributed by atoms with E-state index in [-0.39, 0.29) is 5.11 Å². The maximum Gasteiger partial charge on any atom is 0.184 e. The number of rotatable bonds is 8. The van der Waals surface area contributed by atoms with Gasteiger partial charge in [-0.2, -0.15) is 5.10 Å². The normalized spacial score (nSPS) is 10.6. The van der Waals surface area contributed by atoms with Gasteiger partial charge in [0.2, 0.25) is 0 Å². The maximum atomic E-state index is 5.65. The van der Waals surface area contributed by atoms with Crippen molar-refractivity contribution in [2.75, 3.05) is 6.61 Å². The molecule has 0 saturated heterocycles. The Morgan fingerprint density at radius 3 is 2.68 bits per heavy atom. The van der Waals surface area contributed by atoms with E-state index in [9.17, 15) is 0 Å². The Bertz CT molecular complexity index is 404. The van der Waals surface area contributed by atoms with E-state index in [0.29, 0.717) is 0 Å². The minimum absolute atomic E-state index is 0.156. The Hall–Kier alpha value is -1.62. The van der Waals surface area contributed by atoms with Gasteiger partial charge in [0.1, 0.15) is 5.75 Å². The molecule has 1 rings (SSSR count). The summed E-state index contributed by atoms with van der Waals surface area (Å²) in [5.74, 6) is 0.885. The van der Waals surface area contributed by atoms with Crippen molar-refractivity contribution < 1.29 is 4.74 Å². The molecule has 19 heavy (non-hydrogen) atoms. The van der Waals surface area contributed by atoms with E-state index < -0.39 is 0 Å². The van der Waals surface area contributed by atoms with Gasteiger partial charge in [0, 0.05) is 0 Å². The molecule has 3 N–H and O–H groups in total. The first-order valence-corrected chi connectivity index (χ1v) is 6.94. The second kappa shape index (κ2) is 9.33. The molecular weight excluding hydrogens is 258 g/mol. The van der Waals surface area contributed by atoms with E-state index in [2.05, 4.69) is 29.7 Å². The Morgan fingerprint density at radius 2 is 2.05 bits per heavy atom. The molecule has 0 bridgehead atoms. The first-order valence-electron chi connectivity index (χ1n) is 6.53. The lowest BCUT2D eigenvalue weighted by atomic mass is 10.2. The molecule has 0 atom stereocenters. The molecule has 0 aliphatic heterocycles. The van der Waals surface area contributed by atoms with E-state index in [1.807, 2.05) is 24.3 Å². The SMILES string of the molecule is CCCCCCOc1ccc(/C=N/NC(N)=S)cc1. The number of thiocarbonyl (C=S) groups is 1. The fraction of sp³-hybridized carbons (Fsp3) is 0.429. The molecular formula is C14H21N3OS. The molecule has 0 radical (unpaired) electrons. The second-order valence-corrected chi connectivity index (χ2v) is 4.65. The van der Waals surface area contributed by atoms with Crippen LogP contribution in [0.4, 0.5) is 0 Å². The summed E-state index contributed by atoms with van der Waals surface area (Å²) in [6.07, 6.45) is 6.51. The molecule has 0 aliphatic carbocycles. The van der Waals surface area contributed by atoms with E-state index in [4.69, 9.17) is 10.5 Å². The largest absolute Gasteiger partial charge is 0.494 e. The number of hydrogen-bond donors (Lipinski definition) is 2. The maximum absolute atomic E-state index is 5.65. The zero-order chi connectivity index (χ0) is 13.9. The number of hydrazone groups is 1. The molecule has 0 fully saturated rings. The molecule has 4 nitrogen and oxygen atoms in total. The molecule has 0 spiro atoms. The third kappa shape index (κ3) is 7.41. The molecule has 0 unspecified atom stereocenters. The van der Waals surface area contributed by atoms with Crippen molar-refractivity contribution in [1.82, 2.24) is 5.43 Å². The monoisotopic (exact) mass is 279 g/mol. The predicted molar refractivity (Wildman–Crippen MR) is 83.6 cm³/mol. The number of hydrogen-bond acceptors (Lipinski definition) is 3. The summed E-state index contributed by atoms with van der Waals surface area (Å²) < 4.78 is 5.65. The summed E-state index contributed by atoms with van der Waals surface area (Å²) in [6, 6.07) is 7.74. The Kier molecular flexibility index (Phi) is 7.58. The van der Waals surface area contributed by atoms with Crippen LogP contribution < -0.4 is 15.9 Å². The third-order valence-electron chi connectivity index (χ3n) is 2.54. The van der Waals surface area contributed by atoms with E-state index in [1.165, 1.54) is 19.3 Å². The Balaban J connectivity index is 2.31. The van der Waals surface area contributed by atoms with Gasteiger partial charge >= 0.3 is 0 Å². The summed E-state index contributed by atoms with van der Waals surface area (Å²) >= 11 is 4.64. The van der Waals surface area contributed by atoms with Gasteiger partial charge in [0.05, 0.1) is 12.8 Å². The molecule has 5 heteroatoms. The van der Waals surface area contributed by atoms with Gasteiger partial charge < -0.3 is 10.5 Å². The summed E-state index contributed by atoms with van der Waals surface area (Å²) in [4.78, 5) is 0. The van der Waals surface area contributed by atoms with Crippen molar-refractivity contribution >= 4 is 23.5 Å². The van der Waals surface area contributed by atoms with Crippen molar-refractivity contribution in [2.45, 2.75) is 32.6 Å². The summed E-state index contributed by atoms with van der Waals surface area (Å²) in [6.45, 7) is 2.98.